The Labute approximate surface area is 235 Å². The van der Waals surface area contributed by atoms with Crippen LogP contribution in [0.25, 0.3) is 0 Å². The summed E-state index contributed by atoms with van der Waals surface area (Å²) >= 11 is 0. The number of hydrogen-bond acceptors (Lipinski definition) is 7. The molecule has 2 saturated heterocycles. The summed E-state index contributed by atoms with van der Waals surface area (Å²) in [5.74, 6) is -1.51. The van der Waals surface area contributed by atoms with Gasteiger partial charge in [0.2, 0.25) is 11.8 Å². The van der Waals surface area contributed by atoms with Crippen molar-refractivity contribution in [2.45, 2.75) is 57.4 Å². The number of nitrogens with zero attached hydrogens (tertiary/aromatic N) is 4. The number of rotatable bonds is 13. The Morgan fingerprint density at radius 3 is 2.65 bits per heavy atom. The van der Waals surface area contributed by atoms with Crippen molar-refractivity contribution in [1.82, 2.24) is 19.6 Å². The van der Waals surface area contributed by atoms with Crippen molar-refractivity contribution in [3.8, 4) is 5.75 Å². The van der Waals surface area contributed by atoms with E-state index in [1.807, 2.05) is 23.1 Å². The van der Waals surface area contributed by atoms with Gasteiger partial charge in [0.05, 0.1) is 19.1 Å². The highest BCUT2D eigenvalue weighted by molar-refractivity contribution is 5.96. The molecule has 3 heterocycles. The first-order valence-corrected chi connectivity index (χ1v) is 14.4. The van der Waals surface area contributed by atoms with Crippen LogP contribution in [0, 0.1) is 5.92 Å². The number of aliphatic hydroxyl groups excluding tert-OH is 1. The molecule has 0 bridgehead atoms. The Bertz CT molecular complexity index is 1090. The highest BCUT2D eigenvalue weighted by Crippen LogP contribution is 2.41. The average Bonchev–Trinajstić information content (AvgIpc) is 3.55. The minimum Gasteiger partial charge on any atom is -0.493 e. The van der Waals surface area contributed by atoms with Crippen molar-refractivity contribution in [3.63, 3.8) is 0 Å². The molecule has 0 radical (unpaired) electrons. The van der Waals surface area contributed by atoms with Crippen LogP contribution in [0.3, 0.4) is 0 Å². The maximum atomic E-state index is 13.5. The van der Waals surface area contributed by atoms with Crippen molar-refractivity contribution >= 4 is 23.8 Å². The van der Waals surface area contributed by atoms with Gasteiger partial charge in [-0.1, -0.05) is 25.5 Å². The van der Waals surface area contributed by atoms with E-state index in [1.54, 1.807) is 9.80 Å². The molecule has 2 N–H and O–H groups in total. The van der Waals surface area contributed by atoms with Gasteiger partial charge in [0, 0.05) is 71.2 Å². The van der Waals surface area contributed by atoms with E-state index >= 15 is 0 Å². The SMILES string of the molecule is CCCCN(CCCO)C(=O)CN1C[C@H](c2ccc3c(c2)CCO3)C(C(=O)O)[C@@H]1CCN1CCC(=O)N(C)C1=O. The molecular weight excluding hydrogens is 516 g/mol. The second kappa shape index (κ2) is 13.5. The number of carboxylic acids is 1. The van der Waals surface area contributed by atoms with Gasteiger partial charge in [-0.05, 0) is 36.5 Å². The first-order chi connectivity index (χ1) is 19.2. The molecule has 11 nitrogen and oxygen atoms in total. The fourth-order valence-corrected chi connectivity index (χ4v) is 6.18. The molecule has 4 amide bonds. The summed E-state index contributed by atoms with van der Waals surface area (Å²) in [6.07, 6.45) is 3.64. The Morgan fingerprint density at radius 1 is 1.15 bits per heavy atom. The fraction of sp³-hybridized carbons (Fsp3) is 0.655. The van der Waals surface area contributed by atoms with Gasteiger partial charge >= 0.3 is 12.0 Å². The molecule has 2 fully saturated rings. The molecule has 3 aliphatic heterocycles. The van der Waals surface area contributed by atoms with Crippen LogP contribution in [0.5, 0.6) is 5.75 Å². The van der Waals surface area contributed by atoms with Crippen molar-refractivity contribution in [2.24, 2.45) is 5.92 Å². The van der Waals surface area contributed by atoms with Crippen molar-refractivity contribution < 1.29 is 34.1 Å². The zero-order valence-electron chi connectivity index (χ0n) is 23.6. The zero-order chi connectivity index (χ0) is 28.8. The first kappa shape index (κ1) is 29.8. The number of fused-ring (bicyclic) bond motifs is 1. The second-order valence-electron chi connectivity index (χ2n) is 11.0. The monoisotopic (exact) mass is 558 g/mol. The quantitative estimate of drug-likeness (QED) is 0.375. The van der Waals surface area contributed by atoms with E-state index in [9.17, 15) is 29.4 Å². The number of carbonyl (C=O) groups excluding carboxylic acids is 3. The number of likely N-dealkylation sites (tertiary alicyclic amines) is 1. The van der Waals surface area contributed by atoms with E-state index in [4.69, 9.17) is 4.74 Å². The van der Waals surface area contributed by atoms with Gasteiger partial charge in [0.15, 0.2) is 0 Å². The second-order valence-corrected chi connectivity index (χ2v) is 11.0. The maximum Gasteiger partial charge on any atom is 0.326 e. The highest BCUT2D eigenvalue weighted by atomic mass is 16.5. The standard InChI is InChI=1S/C29H42N4O7/c1-3-4-11-31(12-5-15-34)26(36)19-33-18-22(20-6-7-24-21(17-20)10-16-40-24)27(28(37)38)23(33)8-13-32-14-9-25(35)30(2)29(32)39/h6-7,17,22-23,27,34H,3-5,8-16,18-19H2,1-2H3,(H,37,38)/t22-,23+,27?/m1/s1. The van der Waals surface area contributed by atoms with Gasteiger partial charge in [-0.2, -0.15) is 0 Å². The van der Waals surface area contributed by atoms with Gasteiger partial charge in [0.25, 0.3) is 0 Å². The van der Waals surface area contributed by atoms with E-state index in [0.29, 0.717) is 52.2 Å². The van der Waals surface area contributed by atoms with E-state index in [0.717, 1.165) is 41.0 Å². The molecule has 0 aliphatic carbocycles. The lowest BCUT2D eigenvalue weighted by atomic mass is 9.83. The number of aliphatic carboxylic acids is 1. The van der Waals surface area contributed by atoms with Crippen LogP contribution in [-0.4, -0.2) is 119 Å². The average molecular weight is 559 g/mol. The van der Waals surface area contributed by atoms with E-state index < -0.39 is 17.9 Å². The van der Waals surface area contributed by atoms with Gasteiger partial charge in [0.1, 0.15) is 5.75 Å². The molecule has 1 aromatic rings. The fourth-order valence-electron chi connectivity index (χ4n) is 6.18. The van der Waals surface area contributed by atoms with Gasteiger partial charge in [-0.3, -0.25) is 24.2 Å². The summed E-state index contributed by atoms with van der Waals surface area (Å²) in [4.78, 5) is 57.4. The van der Waals surface area contributed by atoms with Crippen LogP contribution >= 0.6 is 0 Å². The number of imide groups is 1. The van der Waals surface area contributed by atoms with Crippen molar-refractivity contribution in [3.05, 3.63) is 29.3 Å². The molecule has 0 aromatic heterocycles. The highest BCUT2D eigenvalue weighted by Gasteiger charge is 2.47. The number of carboxylic acid groups (broad SMARTS) is 1. The van der Waals surface area contributed by atoms with Crippen molar-refractivity contribution in [2.75, 3.05) is 59.5 Å². The number of unbranched alkanes of at least 4 members (excludes halogenated alkanes) is 1. The number of amides is 4. The third kappa shape index (κ3) is 6.58. The Hall–Kier alpha value is -3.18. The number of hydrogen-bond donors (Lipinski definition) is 2. The smallest absolute Gasteiger partial charge is 0.326 e. The molecule has 4 rings (SSSR count). The predicted molar refractivity (Wildman–Crippen MR) is 147 cm³/mol. The molecule has 0 saturated carbocycles. The molecule has 220 valence electrons. The van der Waals surface area contributed by atoms with Crippen LogP contribution in [0.2, 0.25) is 0 Å². The van der Waals surface area contributed by atoms with Crippen LogP contribution in [0.1, 0.15) is 56.1 Å². The molecule has 1 aromatic carbocycles. The van der Waals surface area contributed by atoms with Crippen LogP contribution < -0.4 is 4.74 Å². The maximum absolute atomic E-state index is 13.5. The molecule has 3 atom stereocenters. The topological polar surface area (TPSA) is 131 Å². The number of benzene rings is 1. The summed E-state index contributed by atoms with van der Waals surface area (Å²) < 4.78 is 5.65. The number of carbonyl (C=O) groups is 4. The van der Waals surface area contributed by atoms with Crippen LogP contribution in [0.4, 0.5) is 4.79 Å². The lowest BCUT2D eigenvalue weighted by molar-refractivity contribution is -0.144. The Kier molecular flexibility index (Phi) is 10.0. The largest absolute Gasteiger partial charge is 0.493 e. The molecular formula is C29H42N4O7. The van der Waals surface area contributed by atoms with Gasteiger partial charge < -0.3 is 24.7 Å². The van der Waals surface area contributed by atoms with E-state index in [1.165, 1.54) is 7.05 Å². The third-order valence-corrected chi connectivity index (χ3v) is 8.46. The van der Waals surface area contributed by atoms with Crippen LogP contribution in [-0.2, 0) is 20.8 Å². The lowest BCUT2D eigenvalue weighted by Crippen LogP contribution is -2.52. The van der Waals surface area contributed by atoms with Gasteiger partial charge in [-0.15, -0.1) is 0 Å². The molecule has 11 heteroatoms. The van der Waals surface area contributed by atoms with Gasteiger partial charge in [-0.25, -0.2) is 4.79 Å². The minimum absolute atomic E-state index is 0.00569. The number of ether oxygens (including phenoxy) is 1. The molecule has 40 heavy (non-hydrogen) atoms. The zero-order valence-corrected chi connectivity index (χ0v) is 23.6. The predicted octanol–water partition coefficient (Wildman–Crippen LogP) is 1.78. The molecule has 0 spiro atoms. The summed E-state index contributed by atoms with van der Waals surface area (Å²) in [6, 6.07) is 5.01. The molecule has 3 aliphatic rings. The van der Waals surface area contributed by atoms with Crippen LogP contribution in [0.15, 0.2) is 18.2 Å². The number of urea groups is 1. The van der Waals surface area contributed by atoms with Crippen molar-refractivity contribution in [1.29, 1.82) is 0 Å². The normalized spacial score (nSPS) is 22.9. The first-order valence-electron chi connectivity index (χ1n) is 14.4. The minimum atomic E-state index is -0.929. The Balaban J connectivity index is 1.58. The summed E-state index contributed by atoms with van der Waals surface area (Å²) in [6.45, 7) is 4.77. The summed E-state index contributed by atoms with van der Waals surface area (Å²) in [5.41, 5.74) is 1.98. The third-order valence-electron chi connectivity index (χ3n) is 8.46. The Morgan fingerprint density at radius 2 is 1.93 bits per heavy atom. The number of aliphatic hydroxyl groups is 1. The lowest BCUT2D eigenvalue weighted by Gasteiger charge is -2.34. The summed E-state index contributed by atoms with van der Waals surface area (Å²) in [7, 11) is 1.46. The summed E-state index contributed by atoms with van der Waals surface area (Å²) in [5, 5.41) is 19.8. The van der Waals surface area contributed by atoms with E-state index in [-0.39, 0.29) is 43.3 Å². The van der Waals surface area contributed by atoms with E-state index in [2.05, 4.69) is 6.92 Å². The molecule has 1 unspecified atom stereocenters.